The number of hydrogen-bond donors (Lipinski definition) is 3. The van der Waals surface area contributed by atoms with Crippen molar-refractivity contribution in [3.8, 4) is 0 Å². The van der Waals surface area contributed by atoms with Crippen molar-refractivity contribution in [3.05, 3.63) is 32.9 Å². The van der Waals surface area contributed by atoms with Crippen molar-refractivity contribution in [2.45, 2.75) is 6.54 Å². The maximum absolute atomic E-state index is 11.4. The Bertz CT molecular complexity index is 499. The third-order valence-electron chi connectivity index (χ3n) is 1.63. The summed E-state index contributed by atoms with van der Waals surface area (Å²) in [5.41, 5.74) is 1.54. The van der Waals surface area contributed by atoms with E-state index in [1.807, 2.05) is 0 Å². The zero-order valence-electron chi connectivity index (χ0n) is 7.48. The number of rotatable bonds is 3. The van der Waals surface area contributed by atoms with Crippen LogP contribution >= 0.6 is 11.3 Å². The lowest BCUT2D eigenvalue weighted by Gasteiger charge is -1.98. The normalized spacial score (nSPS) is 10.1. The Kier molecular flexibility index (Phi) is 2.59. The molecule has 7 nitrogen and oxygen atoms in total. The summed E-state index contributed by atoms with van der Waals surface area (Å²) in [5, 5.41) is 10.1. The van der Waals surface area contributed by atoms with E-state index in [4.69, 9.17) is 0 Å². The van der Waals surface area contributed by atoms with Crippen molar-refractivity contribution in [1.82, 2.24) is 25.5 Å². The molecule has 15 heavy (non-hydrogen) atoms. The molecule has 0 aliphatic rings. The molecule has 3 N–H and O–H groups in total. The second-order valence-electron chi connectivity index (χ2n) is 2.68. The van der Waals surface area contributed by atoms with Gasteiger partial charge in [-0.05, 0) is 0 Å². The first-order valence-corrected chi connectivity index (χ1v) is 5.00. The highest BCUT2D eigenvalue weighted by Crippen LogP contribution is 2.00. The van der Waals surface area contributed by atoms with Crippen molar-refractivity contribution in [1.29, 1.82) is 0 Å². The molecule has 0 aromatic carbocycles. The summed E-state index contributed by atoms with van der Waals surface area (Å²) in [5.74, 6) is 0.0867. The Balaban J connectivity index is 1.94. The van der Waals surface area contributed by atoms with E-state index in [1.54, 1.807) is 10.9 Å². The molecular formula is C7H7N5O2S. The number of carbonyl (C=O) groups is 1. The van der Waals surface area contributed by atoms with Crippen molar-refractivity contribution in [2.24, 2.45) is 0 Å². The molecule has 0 fully saturated rings. The van der Waals surface area contributed by atoms with Crippen LogP contribution in [0, 0.1) is 0 Å². The summed E-state index contributed by atoms with van der Waals surface area (Å²) in [7, 11) is 0. The van der Waals surface area contributed by atoms with E-state index in [1.165, 1.54) is 11.3 Å². The Morgan fingerprint density at radius 2 is 2.47 bits per heavy atom. The summed E-state index contributed by atoms with van der Waals surface area (Å²) < 4.78 is 0. The minimum atomic E-state index is -0.395. The molecule has 0 unspecified atom stereocenters. The molecule has 2 aromatic heterocycles. The molecule has 0 bridgehead atoms. The van der Waals surface area contributed by atoms with Gasteiger partial charge in [-0.1, -0.05) is 0 Å². The Morgan fingerprint density at radius 1 is 1.60 bits per heavy atom. The molecule has 0 saturated heterocycles. The molecule has 0 spiro atoms. The zero-order chi connectivity index (χ0) is 10.7. The van der Waals surface area contributed by atoms with E-state index < -0.39 is 5.69 Å². The fourth-order valence-electron chi connectivity index (χ4n) is 0.968. The molecule has 8 heteroatoms. The lowest BCUT2D eigenvalue weighted by Crippen LogP contribution is -2.23. The molecule has 2 heterocycles. The average Bonchev–Trinajstić information content (AvgIpc) is 2.84. The van der Waals surface area contributed by atoms with Gasteiger partial charge in [0.15, 0.2) is 0 Å². The molecule has 2 rings (SSSR count). The van der Waals surface area contributed by atoms with E-state index in [9.17, 15) is 9.59 Å². The fourth-order valence-corrected chi connectivity index (χ4v) is 1.50. The highest BCUT2D eigenvalue weighted by molar-refractivity contribution is 7.07. The molecule has 0 aliphatic carbocycles. The number of aromatic nitrogens is 4. The van der Waals surface area contributed by atoms with Crippen molar-refractivity contribution in [3.63, 3.8) is 0 Å². The lowest BCUT2D eigenvalue weighted by molar-refractivity contribution is 0.0945. The van der Waals surface area contributed by atoms with Crippen molar-refractivity contribution >= 4 is 17.2 Å². The van der Waals surface area contributed by atoms with Crippen LogP contribution in [0.2, 0.25) is 0 Å². The average molecular weight is 225 g/mol. The molecule has 0 saturated carbocycles. The largest absolute Gasteiger partial charge is 0.343 e. The van der Waals surface area contributed by atoms with Crippen LogP contribution in [0.1, 0.15) is 16.3 Å². The summed E-state index contributed by atoms with van der Waals surface area (Å²) >= 11 is 1.34. The van der Waals surface area contributed by atoms with E-state index in [0.29, 0.717) is 11.5 Å². The van der Waals surface area contributed by atoms with Crippen LogP contribution in [-0.4, -0.2) is 26.1 Å². The number of amides is 1. The van der Waals surface area contributed by atoms with Crippen molar-refractivity contribution in [2.75, 3.05) is 0 Å². The number of H-pyrrole nitrogens is 2. The number of nitrogens with zero attached hydrogens (tertiary/aromatic N) is 2. The van der Waals surface area contributed by atoms with Crippen LogP contribution in [-0.2, 0) is 6.54 Å². The molecule has 0 aliphatic heterocycles. The van der Waals surface area contributed by atoms with Gasteiger partial charge in [-0.15, -0.1) is 11.3 Å². The van der Waals surface area contributed by atoms with Crippen LogP contribution in [0.15, 0.2) is 15.7 Å². The van der Waals surface area contributed by atoms with Crippen LogP contribution in [0.4, 0.5) is 0 Å². The molecule has 2 aromatic rings. The molecule has 1 amide bonds. The topological polar surface area (TPSA) is 104 Å². The summed E-state index contributed by atoms with van der Waals surface area (Å²) in [6, 6.07) is 0. The van der Waals surface area contributed by atoms with Gasteiger partial charge >= 0.3 is 5.69 Å². The quantitative estimate of drug-likeness (QED) is 0.654. The van der Waals surface area contributed by atoms with Gasteiger partial charge in [0.05, 0.1) is 12.1 Å². The lowest BCUT2D eigenvalue weighted by atomic mass is 10.4. The minimum Gasteiger partial charge on any atom is -0.343 e. The van der Waals surface area contributed by atoms with E-state index in [0.717, 1.165) is 0 Å². The highest BCUT2D eigenvalue weighted by Gasteiger charge is 2.07. The van der Waals surface area contributed by atoms with Crippen LogP contribution in [0.5, 0.6) is 0 Å². The van der Waals surface area contributed by atoms with Gasteiger partial charge in [0.25, 0.3) is 5.91 Å². The van der Waals surface area contributed by atoms with Gasteiger partial charge in [-0.2, -0.15) is 5.10 Å². The van der Waals surface area contributed by atoms with Gasteiger partial charge in [0, 0.05) is 5.38 Å². The highest BCUT2D eigenvalue weighted by atomic mass is 32.1. The third kappa shape index (κ3) is 2.29. The van der Waals surface area contributed by atoms with Crippen molar-refractivity contribution < 1.29 is 4.79 Å². The SMILES string of the molecule is O=C(NCc1n[nH]c(=O)[nH]1)c1cscn1. The van der Waals surface area contributed by atoms with Crippen LogP contribution in [0.3, 0.4) is 0 Å². The second-order valence-corrected chi connectivity index (χ2v) is 3.40. The number of carbonyl (C=O) groups excluding carboxylic acids is 1. The van der Waals surface area contributed by atoms with Gasteiger partial charge in [0.1, 0.15) is 11.5 Å². The first-order chi connectivity index (χ1) is 7.25. The monoisotopic (exact) mass is 225 g/mol. The van der Waals surface area contributed by atoms with Crippen LogP contribution < -0.4 is 11.0 Å². The molecule has 0 atom stereocenters. The summed E-state index contributed by atoms with van der Waals surface area (Å²) in [6.45, 7) is 0.162. The smallest absolute Gasteiger partial charge is 0.340 e. The summed E-state index contributed by atoms with van der Waals surface area (Å²) in [6.07, 6.45) is 0. The van der Waals surface area contributed by atoms with E-state index >= 15 is 0 Å². The van der Waals surface area contributed by atoms with E-state index in [-0.39, 0.29) is 12.5 Å². The Morgan fingerprint density at radius 3 is 3.07 bits per heavy atom. The first kappa shape index (κ1) is 9.59. The van der Waals surface area contributed by atoms with E-state index in [2.05, 4.69) is 25.5 Å². The van der Waals surface area contributed by atoms with Gasteiger partial charge in [0.2, 0.25) is 0 Å². The molecule has 78 valence electrons. The Labute approximate surface area is 87.6 Å². The predicted molar refractivity (Wildman–Crippen MR) is 52.5 cm³/mol. The first-order valence-electron chi connectivity index (χ1n) is 4.05. The van der Waals surface area contributed by atoms with Crippen LogP contribution in [0.25, 0.3) is 0 Å². The number of nitrogens with one attached hydrogen (secondary N) is 3. The Hall–Kier alpha value is -1.96. The zero-order valence-corrected chi connectivity index (χ0v) is 8.30. The predicted octanol–water partition coefficient (Wildman–Crippen LogP) is -0.516. The second kappa shape index (κ2) is 4.05. The third-order valence-corrected chi connectivity index (χ3v) is 2.22. The molecular weight excluding hydrogens is 218 g/mol. The summed E-state index contributed by atoms with van der Waals surface area (Å²) in [4.78, 5) is 28.3. The number of hydrogen-bond acceptors (Lipinski definition) is 5. The standard InChI is InChI=1S/C7H7N5O2S/c13-6(4-2-15-3-9-4)8-1-5-10-7(14)12-11-5/h2-3H,1H2,(H,8,13)(H2,10,11,12,14). The van der Waals surface area contributed by atoms with Gasteiger partial charge in [-0.3, -0.25) is 9.78 Å². The minimum absolute atomic E-state index is 0.162. The van der Waals surface area contributed by atoms with Gasteiger partial charge in [-0.25, -0.2) is 14.9 Å². The number of aromatic amines is 2. The maximum atomic E-state index is 11.4. The number of thiazole rings is 1. The maximum Gasteiger partial charge on any atom is 0.340 e. The molecule has 0 radical (unpaired) electrons. The fraction of sp³-hybridized carbons (Fsp3) is 0.143. The van der Waals surface area contributed by atoms with Gasteiger partial charge < -0.3 is 5.32 Å².